The predicted molar refractivity (Wildman–Crippen MR) is 117 cm³/mol. The molecule has 0 aliphatic heterocycles. The Labute approximate surface area is 188 Å². The number of rotatable bonds is 12. The van der Waals surface area contributed by atoms with Gasteiger partial charge < -0.3 is 25.6 Å². The van der Waals surface area contributed by atoms with Crippen molar-refractivity contribution in [2.24, 2.45) is 0 Å². The van der Waals surface area contributed by atoms with Gasteiger partial charge in [-0.3, -0.25) is 9.00 Å². The molecule has 0 aromatic heterocycles. The minimum atomic E-state index is -1.40. The standard InChI is InChI=1S/C22H26N2O7S/c25-17(14-23-22(29)31-15-16-7-3-1-4-8-16)13-20(26)24-19(21(27)28)11-12-32(30)18-9-5-2-6-10-18/h1-10,17,19,25H,11-15H2,(H,23,29)(H,24,26)(H,27,28)/t17-,19+,32+/m1/s1. The summed E-state index contributed by atoms with van der Waals surface area (Å²) >= 11 is 0. The van der Waals surface area contributed by atoms with E-state index in [1.165, 1.54) is 0 Å². The van der Waals surface area contributed by atoms with E-state index in [0.717, 1.165) is 5.56 Å². The van der Waals surface area contributed by atoms with Crippen molar-refractivity contribution in [1.82, 2.24) is 10.6 Å². The van der Waals surface area contributed by atoms with Crippen LogP contribution in [-0.2, 0) is 31.7 Å². The van der Waals surface area contributed by atoms with Gasteiger partial charge in [0, 0.05) is 17.2 Å². The van der Waals surface area contributed by atoms with Gasteiger partial charge in [0.2, 0.25) is 5.91 Å². The van der Waals surface area contributed by atoms with Crippen LogP contribution in [0.1, 0.15) is 18.4 Å². The van der Waals surface area contributed by atoms with Gasteiger partial charge >= 0.3 is 12.1 Å². The number of amides is 2. The second-order valence-electron chi connectivity index (χ2n) is 6.91. The first-order valence-corrected chi connectivity index (χ1v) is 11.2. The molecular weight excluding hydrogens is 436 g/mol. The Morgan fingerprint density at radius 3 is 2.25 bits per heavy atom. The highest BCUT2D eigenvalue weighted by Gasteiger charge is 2.22. The van der Waals surface area contributed by atoms with E-state index < -0.39 is 47.3 Å². The second-order valence-corrected chi connectivity index (χ2v) is 8.48. The molecule has 9 nitrogen and oxygen atoms in total. The number of aliphatic hydroxyl groups is 1. The number of aliphatic carboxylic acids is 1. The largest absolute Gasteiger partial charge is 0.480 e. The van der Waals surface area contributed by atoms with Crippen LogP contribution in [0.3, 0.4) is 0 Å². The van der Waals surface area contributed by atoms with Gasteiger partial charge in [0.15, 0.2) is 0 Å². The van der Waals surface area contributed by atoms with Crippen LogP contribution in [0.25, 0.3) is 0 Å². The van der Waals surface area contributed by atoms with Gasteiger partial charge in [0.25, 0.3) is 0 Å². The molecule has 2 rings (SSSR count). The van der Waals surface area contributed by atoms with E-state index in [0.29, 0.717) is 4.90 Å². The third-order valence-corrected chi connectivity index (χ3v) is 5.75. The maximum Gasteiger partial charge on any atom is 0.407 e. The minimum absolute atomic E-state index is 0.0390. The highest BCUT2D eigenvalue weighted by atomic mass is 32.2. The summed E-state index contributed by atoms with van der Waals surface area (Å²) in [4.78, 5) is 35.8. The Bertz CT molecular complexity index is 909. The van der Waals surface area contributed by atoms with E-state index in [1.54, 1.807) is 42.5 Å². The fourth-order valence-electron chi connectivity index (χ4n) is 2.69. The molecule has 2 aromatic carbocycles. The lowest BCUT2D eigenvalue weighted by molar-refractivity contribution is -0.142. The number of benzene rings is 2. The molecule has 2 aromatic rings. The van der Waals surface area contributed by atoms with Crippen molar-refractivity contribution in [2.45, 2.75) is 36.5 Å². The zero-order valence-electron chi connectivity index (χ0n) is 17.3. The van der Waals surface area contributed by atoms with Crippen molar-refractivity contribution in [3.63, 3.8) is 0 Å². The Morgan fingerprint density at radius 2 is 1.62 bits per heavy atom. The van der Waals surface area contributed by atoms with Gasteiger partial charge in [-0.1, -0.05) is 48.5 Å². The maximum absolute atomic E-state index is 12.2. The smallest absolute Gasteiger partial charge is 0.407 e. The Morgan fingerprint density at radius 1 is 1.00 bits per heavy atom. The van der Waals surface area contributed by atoms with Gasteiger partial charge in [-0.05, 0) is 24.1 Å². The summed E-state index contributed by atoms with van der Waals surface area (Å²) in [6.07, 6.45) is -2.43. The molecular formula is C22H26N2O7S. The van der Waals surface area contributed by atoms with Crippen LogP contribution in [0.2, 0.25) is 0 Å². The van der Waals surface area contributed by atoms with Gasteiger partial charge in [0.1, 0.15) is 12.6 Å². The summed E-state index contributed by atoms with van der Waals surface area (Å²) in [7, 11) is -1.40. The second kappa shape index (κ2) is 13.2. The first kappa shape index (κ1) is 25.0. The van der Waals surface area contributed by atoms with Crippen LogP contribution < -0.4 is 10.6 Å². The third-order valence-electron chi connectivity index (χ3n) is 4.35. The molecule has 172 valence electrons. The number of carboxylic acids is 1. The Balaban J connectivity index is 1.70. The number of aliphatic hydroxyl groups excluding tert-OH is 1. The van der Waals surface area contributed by atoms with Gasteiger partial charge in [0.05, 0.1) is 23.3 Å². The molecule has 2 amide bonds. The monoisotopic (exact) mass is 462 g/mol. The zero-order valence-corrected chi connectivity index (χ0v) is 18.1. The van der Waals surface area contributed by atoms with E-state index in [2.05, 4.69) is 10.6 Å². The molecule has 32 heavy (non-hydrogen) atoms. The summed E-state index contributed by atoms with van der Waals surface area (Å²) in [5.41, 5.74) is 0.801. The number of hydrogen-bond acceptors (Lipinski definition) is 6. The summed E-state index contributed by atoms with van der Waals surface area (Å²) in [5.74, 6) is -1.91. The van der Waals surface area contributed by atoms with E-state index in [4.69, 9.17) is 4.74 Å². The minimum Gasteiger partial charge on any atom is -0.480 e. The lowest BCUT2D eigenvalue weighted by atomic mass is 10.2. The highest BCUT2D eigenvalue weighted by Crippen LogP contribution is 2.08. The summed E-state index contributed by atoms with van der Waals surface area (Å²) in [6, 6.07) is 16.4. The van der Waals surface area contributed by atoms with Crippen LogP contribution in [0.5, 0.6) is 0 Å². The first-order chi connectivity index (χ1) is 15.3. The zero-order chi connectivity index (χ0) is 23.3. The van der Waals surface area contributed by atoms with E-state index in [-0.39, 0.29) is 25.3 Å². The SMILES string of the molecule is O=C(C[C@@H](O)CNC(=O)OCc1ccccc1)N[C@@H](CC[S@](=O)c1ccccc1)C(=O)O. The first-order valence-electron chi connectivity index (χ1n) is 9.93. The number of nitrogens with one attached hydrogen (secondary N) is 2. The maximum atomic E-state index is 12.2. The van der Waals surface area contributed by atoms with Crippen LogP contribution in [0.15, 0.2) is 65.6 Å². The molecule has 0 spiro atoms. The highest BCUT2D eigenvalue weighted by molar-refractivity contribution is 7.85. The van der Waals surface area contributed by atoms with Crippen molar-refractivity contribution < 1.29 is 33.5 Å². The fourth-order valence-corrected chi connectivity index (χ4v) is 3.83. The number of alkyl carbamates (subject to hydrolysis) is 1. The quantitative estimate of drug-likeness (QED) is 0.374. The molecule has 4 N–H and O–H groups in total. The fraction of sp³-hybridized carbons (Fsp3) is 0.318. The molecule has 0 aliphatic carbocycles. The van der Waals surface area contributed by atoms with Gasteiger partial charge in [-0.25, -0.2) is 9.59 Å². The molecule has 0 unspecified atom stereocenters. The lowest BCUT2D eigenvalue weighted by Crippen LogP contribution is -2.44. The van der Waals surface area contributed by atoms with Crippen molar-refractivity contribution in [2.75, 3.05) is 12.3 Å². The number of carbonyl (C=O) groups is 3. The number of ether oxygens (including phenoxy) is 1. The van der Waals surface area contributed by atoms with Crippen molar-refractivity contribution in [3.8, 4) is 0 Å². The van der Waals surface area contributed by atoms with Gasteiger partial charge in [-0.2, -0.15) is 0 Å². The predicted octanol–water partition coefficient (Wildman–Crippen LogP) is 1.43. The molecule has 10 heteroatoms. The topological polar surface area (TPSA) is 142 Å². The van der Waals surface area contributed by atoms with Crippen LogP contribution in [0, 0.1) is 0 Å². The van der Waals surface area contributed by atoms with E-state index >= 15 is 0 Å². The van der Waals surface area contributed by atoms with Crippen molar-refractivity contribution >= 4 is 28.8 Å². The van der Waals surface area contributed by atoms with Gasteiger partial charge in [-0.15, -0.1) is 0 Å². The van der Waals surface area contributed by atoms with Crippen molar-refractivity contribution in [1.29, 1.82) is 0 Å². The summed E-state index contributed by atoms with van der Waals surface area (Å²) in [5, 5.41) is 23.9. The molecule has 0 fully saturated rings. The summed E-state index contributed by atoms with van der Waals surface area (Å²) in [6.45, 7) is -0.176. The van der Waals surface area contributed by atoms with Crippen LogP contribution >= 0.6 is 0 Å². The average Bonchev–Trinajstić information content (AvgIpc) is 2.79. The van der Waals surface area contributed by atoms with Crippen LogP contribution in [-0.4, -0.2) is 56.8 Å². The molecule has 0 saturated carbocycles. The number of carboxylic acid groups (broad SMARTS) is 1. The Hall–Kier alpha value is -3.24. The molecule has 0 aliphatic rings. The molecule has 0 bridgehead atoms. The lowest BCUT2D eigenvalue weighted by Gasteiger charge is -2.16. The average molecular weight is 463 g/mol. The molecule has 3 atom stereocenters. The van der Waals surface area contributed by atoms with E-state index in [9.17, 15) is 28.8 Å². The third kappa shape index (κ3) is 9.27. The Kier molecular flexibility index (Phi) is 10.3. The molecule has 0 heterocycles. The van der Waals surface area contributed by atoms with Crippen molar-refractivity contribution in [3.05, 3.63) is 66.2 Å². The molecule has 0 radical (unpaired) electrons. The molecule has 0 saturated heterocycles. The summed E-state index contributed by atoms with van der Waals surface area (Å²) < 4.78 is 17.2. The van der Waals surface area contributed by atoms with E-state index in [1.807, 2.05) is 18.2 Å². The number of hydrogen-bond donors (Lipinski definition) is 4. The van der Waals surface area contributed by atoms with Crippen LogP contribution in [0.4, 0.5) is 4.79 Å². The normalized spacial score (nSPS) is 13.4. The number of carbonyl (C=O) groups excluding carboxylic acids is 2.